The predicted molar refractivity (Wildman–Crippen MR) is 87.7 cm³/mol. The molecule has 0 fully saturated rings. The molecule has 0 radical (unpaired) electrons. The number of ether oxygens (including phenoxy) is 1. The molecule has 4 nitrogen and oxygen atoms in total. The molecule has 0 aliphatic carbocycles. The highest BCUT2D eigenvalue weighted by molar-refractivity contribution is 5.92. The van der Waals surface area contributed by atoms with E-state index in [1.807, 2.05) is 0 Å². The molecule has 0 atom stereocenters. The van der Waals surface area contributed by atoms with Crippen LogP contribution in [0.3, 0.4) is 0 Å². The highest BCUT2D eigenvalue weighted by Crippen LogP contribution is 2.16. The largest absolute Gasteiger partial charge is 0.491 e. The van der Waals surface area contributed by atoms with Crippen molar-refractivity contribution in [3.8, 4) is 5.75 Å². The van der Waals surface area contributed by atoms with Crippen molar-refractivity contribution >= 4 is 17.7 Å². The molecule has 0 aliphatic rings. The first-order valence-corrected chi connectivity index (χ1v) is 7.23. The third-order valence-corrected chi connectivity index (χ3v) is 3.00. The average Bonchev–Trinajstić information content (AvgIpc) is 2.56. The summed E-state index contributed by atoms with van der Waals surface area (Å²) in [6.07, 6.45) is 3.35. The van der Waals surface area contributed by atoms with Gasteiger partial charge in [0.15, 0.2) is 0 Å². The molecule has 5 heteroatoms. The van der Waals surface area contributed by atoms with Crippen LogP contribution in [0.15, 0.2) is 54.6 Å². The fourth-order valence-electron chi connectivity index (χ4n) is 1.91. The van der Waals surface area contributed by atoms with Crippen LogP contribution in [0.4, 0.5) is 10.1 Å². The highest BCUT2D eigenvalue weighted by atomic mass is 19.1. The van der Waals surface area contributed by atoms with Crippen LogP contribution in [-0.4, -0.2) is 24.2 Å². The summed E-state index contributed by atoms with van der Waals surface area (Å²) in [5.74, 6) is 0.112. The van der Waals surface area contributed by atoms with E-state index in [2.05, 4.69) is 5.32 Å². The van der Waals surface area contributed by atoms with Gasteiger partial charge in [-0.05, 0) is 30.3 Å². The van der Waals surface area contributed by atoms with Crippen LogP contribution in [0.25, 0.3) is 6.08 Å². The maximum atomic E-state index is 13.4. The van der Waals surface area contributed by atoms with Gasteiger partial charge in [0.2, 0.25) is 5.91 Å². The SMILES string of the molecule is O=C(C/C=C/c1ccccc1F)Nc1ccc(OCCO)cc1. The van der Waals surface area contributed by atoms with Gasteiger partial charge in [0, 0.05) is 17.7 Å². The lowest BCUT2D eigenvalue weighted by Crippen LogP contribution is -2.10. The lowest BCUT2D eigenvalue weighted by atomic mass is 10.2. The molecule has 0 spiro atoms. The van der Waals surface area contributed by atoms with Gasteiger partial charge in [0.05, 0.1) is 6.61 Å². The van der Waals surface area contributed by atoms with Crippen molar-refractivity contribution in [3.05, 3.63) is 66.0 Å². The van der Waals surface area contributed by atoms with Gasteiger partial charge in [0.1, 0.15) is 18.2 Å². The maximum Gasteiger partial charge on any atom is 0.228 e. The van der Waals surface area contributed by atoms with Gasteiger partial charge in [-0.1, -0.05) is 30.4 Å². The maximum absolute atomic E-state index is 13.4. The topological polar surface area (TPSA) is 58.6 Å². The Morgan fingerprint density at radius 1 is 1.17 bits per heavy atom. The molecule has 0 saturated heterocycles. The Morgan fingerprint density at radius 3 is 2.61 bits per heavy atom. The molecule has 2 rings (SSSR count). The summed E-state index contributed by atoms with van der Waals surface area (Å²) in [6, 6.07) is 13.2. The van der Waals surface area contributed by atoms with Crippen molar-refractivity contribution in [3.63, 3.8) is 0 Å². The Bertz CT molecular complexity index is 668. The Hall–Kier alpha value is -2.66. The Balaban J connectivity index is 1.84. The van der Waals surface area contributed by atoms with Gasteiger partial charge in [-0.2, -0.15) is 0 Å². The first-order chi connectivity index (χ1) is 11.2. The van der Waals surface area contributed by atoms with Crippen LogP contribution in [0.2, 0.25) is 0 Å². The van der Waals surface area contributed by atoms with Crippen LogP contribution < -0.4 is 10.1 Å². The quantitative estimate of drug-likeness (QED) is 0.824. The summed E-state index contributed by atoms with van der Waals surface area (Å²) in [5, 5.41) is 11.4. The molecule has 0 bridgehead atoms. The highest BCUT2D eigenvalue weighted by Gasteiger charge is 2.01. The summed E-state index contributed by atoms with van der Waals surface area (Å²) in [7, 11) is 0. The zero-order chi connectivity index (χ0) is 16.5. The third-order valence-electron chi connectivity index (χ3n) is 3.00. The standard InChI is InChI=1S/C18H18FNO3/c19-17-6-2-1-4-14(17)5-3-7-18(22)20-15-8-10-16(11-9-15)23-13-12-21/h1-6,8-11,21H,7,12-13H2,(H,20,22)/b5-3+. The molecule has 2 aromatic rings. The Kier molecular flexibility index (Phi) is 6.32. The lowest BCUT2D eigenvalue weighted by molar-refractivity contribution is -0.115. The summed E-state index contributed by atoms with van der Waals surface area (Å²) >= 11 is 0. The second-order valence-corrected chi connectivity index (χ2v) is 4.77. The van der Waals surface area contributed by atoms with Gasteiger partial charge in [0.25, 0.3) is 0 Å². The number of hydrogen-bond donors (Lipinski definition) is 2. The van der Waals surface area contributed by atoms with Gasteiger partial charge in [-0.3, -0.25) is 4.79 Å². The number of benzene rings is 2. The molecule has 0 aromatic heterocycles. The van der Waals surface area contributed by atoms with E-state index < -0.39 is 0 Å². The van der Waals surface area contributed by atoms with Crippen molar-refractivity contribution in [2.75, 3.05) is 18.5 Å². The molecule has 0 unspecified atom stereocenters. The zero-order valence-corrected chi connectivity index (χ0v) is 12.5. The number of aliphatic hydroxyl groups excluding tert-OH is 1. The van der Waals surface area contributed by atoms with Crippen LogP contribution in [0, 0.1) is 5.82 Å². The van der Waals surface area contributed by atoms with Crippen LogP contribution >= 0.6 is 0 Å². The van der Waals surface area contributed by atoms with Gasteiger partial charge in [-0.25, -0.2) is 4.39 Å². The van der Waals surface area contributed by atoms with E-state index in [1.54, 1.807) is 54.6 Å². The van der Waals surface area contributed by atoms with E-state index in [0.29, 0.717) is 17.0 Å². The van der Waals surface area contributed by atoms with E-state index in [1.165, 1.54) is 6.07 Å². The molecule has 0 aliphatic heterocycles. The molecule has 1 amide bonds. The van der Waals surface area contributed by atoms with Crippen LogP contribution in [0.1, 0.15) is 12.0 Å². The number of hydrogen-bond acceptors (Lipinski definition) is 3. The zero-order valence-electron chi connectivity index (χ0n) is 12.5. The molecule has 0 saturated carbocycles. The number of aliphatic hydroxyl groups is 1. The monoisotopic (exact) mass is 315 g/mol. The molecule has 2 aromatic carbocycles. The Morgan fingerprint density at radius 2 is 1.91 bits per heavy atom. The predicted octanol–water partition coefficient (Wildman–Crippen LogP) is 3.24. The first kappa shape index (κ1) is 16.7. The van der Waals surface area contributed by atoms with E-state index >= 15 is 0 Å². The number of rotatable bonds is 7. The minimum atomic E-state index is -0.317. The smallest absolute Gasteiger partial charge is 0.228 e. The summed E-state index contributed by atoms with van der Waals surface area (Å²) in [5.41, 5.74) is 1.09. The number of halogens is 1. The van der Waals surface area contributed by atoms with E-state index in [0.717, 1.165) is 0 Å². The van der Waals surface area contributed by atoms with Crippen molar-refractivity contribution in [1.82, 2.24) is 0 Å². The molecule has 23 heavy (non-hydrogen) atoms. The van der Waals surface area contributed by atoms with Crippen LogP contribution in [-0.2, 0) is 4.79 Å². The fourth-order valence-corrected chi connectivity index (χ4v) is 1.91. The first-order valence-electron chi connectivity index (χ1n) is 7.23. The number of nitrogens with one attached hydrogen (secondary N) is 1. The summed E-state index contributed by atoms with van der Waals surface area (Å²) in [4.78, 5) is 11.8. The van der Waals surface area contributed by atoms with E-state index in [-0.39, 0.29) is 31.4 Å². The normalized spacial score (nSPS) is 10.7. The lowest BCUT2D eigenvalue weighted by Gasteiger charge is -2.06. The van der Waals surface area contributed by atoms with Crippen molar-refractivity contribution in [1.29, 1.82) is 0 Å². The van der Waals surface area contributed by atoms with Gasteiger partial charge >= 0.3 is 0 Å². The molecular formula is C18H18FNO3. The number of anilines is 1. The molecule has 2 N–H and O–H groups in total. The van der Waals surface area contributed by atoms with E-state index in [9.17, 15) is 9.18 Å². The minimum absolute atomic E-state index is 0.0488. The van der Waals surface area contributed by atoms with Crippen molar-refractivity contribution in [2.24, 2.45) is 0 Å². The second-order valence-electron chi connectivity index (χ2n) is 4.77. The van der Waals surface area contributed by atoms with Gasteiger partial charge < -0.3 is 15.2 Å². The second kappa shape index (κ2) is 8.70. The van der Waals surface area contributed by atoms with E-state index in [4.69, 9.17) is 9.84 Å². The number of carbonyl (C=O) groups is 1. The van der Waals surface area contributed by atoms with Crippen molar-refractivity contribution < 1.29 is 19.0 Å². The van der Waals surface area contributed by atoms with Gasteiger partial charge in [-0.15, -0.1) is 0 Å². The molecule has 120 valence electrons. The van der Waals surface area contributed by atoms with Crippen LogP contribution in [0.5, 0.6) is 5.75 Å². The third kappa shape index (κ3) is 5.56. The average molecular weight is 315 g/mol. The summed E-state index contributed by atoms with van der Waals surface area (Å²) in [6.45, 7) is 0.180. The number of carbonyl (C=O) groups excluding carboxylic acids is 1. The summed E-state index contributed by atoms with van der Waals surface area (Å²) < 4.78 is 18.6. The fraction of sp³-hybridized carbons (Fsp3) is 0.167. The molecular weight excluding hydrogens is 297 g/mol. The minimum Gasteiger partial charge on any atom is -0.491 e. The molecule has 0 heterocycles. The number of amides is 1. The van der Waals surface area contributed by atoms with Crippen molar-refractivity contribution in [2.45, 2.75) is 6.42 Å². The Labute approximate surface area is 134 Å².